The summed E-state index contributed by atoms with van der Waals surface area (Å²) in [6.45, 7) is 1.82. The van der Waals surface area contributed by atoms with E-state index in [9.17, 15) is 0 Å². The summed E-state index contributed by atoms with van der Waals surface area (Å²) in [6.07, 6.45) is 1.06. The summed E-state index contributed by atoms with van der Waals surface area (Å²) < 4.78 is 5.23. The summed E-state index contributed by atoms with van der Waals surface area (Å²) in [6, 6.07) is 6.30. The van der Waals surface area contributed by atoms with Gasteiger partial charge in [0.05, 0.1) is 7.11 Å². The smallest absolute Gasteiger partial charge is 0.120 e. The van der Waals surface area contributed by atoms with E-state index in [0.29, 0.717) is 5.92 Å². The van der Waals surface area contributed by atoms with Crippen molar-refractivity contribution < 1.29 is 4.74 Å². The van der Waals surface area contributed by atoms with Crippen molar-refractivity contribution in [3.8, 4) is 5.75 Å². The van der Waals surface area contributed by atoms with E-state index in [4.69, 9.17) is 10.5 Å². The Morgan fingerprint density at radius 3 is 3.00 bits per heavy atom. The Kier molecular flexibility index (Phi) is 2.82. The van der Waals surface area contributed by atoms with Crippen molar-refractivity contribution in [3.05, 3.63) is 23.8 Å². The second-order valence-electron chi connectivity index (χ2n) is 4.08. The normalized spacial score (nSPS) is 19.1. The zero-order valence-electron chi connectivity index (χ0n) is 9.36. The number of likely N-dealkylation sites (N-methyl/N-ethyl adjacent to an activating group) is 1. The average molecular weight is 206 g/mol. The van der Waals surface area contributed by atoms with Gasteiger partial charge in [-0.05, 0) is 24.6 Å². The van der Waals surface area contributed by atoms with Crippen molar-refractivity contribution >= 4 is 5.69 Å². The second kappa shape index (κ2) is 4.11. The molecule has 3 nitrogen and oxygen atoms in total. The van der Waals surface area contributed by atoms with Gasteiger partial charge in [-0.2, -0.15) is 0 Å². The van der Waals surface area contributed by atoms with Crippen molar-refractivity contribution in [2.75, 3.05) is 32.1 Å². The van der Waals surface area contributed by atoms with Crippen LogP contribution in [-0.4, -0.2) is 27.2 Å². The number of hydrogen-bond acceptors (Lipinski definition) is 3. The van der Waals surface area contributed by atoms with Crippen LogP contribution in [0.3, 0.4) is 0 Å². The molecule has 1 unspecified atom stereocenters. The van der Waals surface area contributed by atoms with Gasteiger partial charge in [0.15, 0.2) is 0 Å². The molecule has 0 amide bonds. The molecular weight excluding hydrogens is 188 g/mol. The van der Waals surface area contributed by atoms with Gasteiger partial charge in [0.1, 0.15) is 5.75 Å². The van der Waals surface area contributed by atoms with Gasteiger partial charge >= 0.3 is 0 Å². The first-order chi connectivity index (χ1) is 7.26. The van der Waals surface area contributed by atoms with Gasteiger partial charge in [0.2, 0.25) is 0 Å². The van der Waals surface area contributed by atoms with E-state index in [0.717, 1.165) is 25.3 Å². The first kappa shape index (κ1) is 10.3. The van der Waals surface area contributed by atoms with Gasteiger partial charge in [-0.1, -0.05) is 6.07 Å². The lowest BCUT2D eigenvalue weighted by Crippen LogP contribution is -2.17. The topological polar surface area (TPSA) is 38.5 Å². The van der Waals surface area contributed by atoms with E-state index in [1.54, 1.807) is 7.11 Å². The summed E-state index contributed by atoms with van der Waals surface area (Å²) in [4.78, 5) is 2.28. The third-order valence-corrected chi connectivity index (χ3v) is 3.10. The summed E-state index contributed by atoms with van der Waals surface area (Å²) in [5.41, 5.74) is 8.32. The van der Waals surface area contributed by atoms with Crippen LogP contribution in [0.15, 0.2) is 18.2 Å². The molecule has 0 saturated heterocycles. The average Bonchev–Trinajstić information content (AvgIpc) is 2.56. The van der Waals surface area contributed by atoms with Crippen LogP contribution in [0.25, 0.3) is 0 Å². The Bertz CT molecular complexity index is 351. The number of ether oxygens (including phenoxy) is 1. The monoisotopic (exact) mass is 206 g/mol. The maximum Gasteiger partial charge on any atom is 0.120 e. The van der Waals surface area contributed by atoms with Crippen molar-refractivity contribution in [2.45, 2.75) is 12.3 Å². The van der Waals surface area contributed by atoms with Crippen molar-refractivity contribution in [3.63, 3.8) is 0 Å². The quantitative estimate of drug-likeness (QED) is 0.816. The van der Waals surface area contributed by atoms with Gasteiger partial charge in [-0.15, -0.1) is 0 Å². The van der Waals surface area contributed by atoms with E-state index in [-0.39, 0.29) is 0 Å². The maximum absolute atomic E-state index is 5.62. The van der Waals surface area contributed by atoms with Crippen LogP contribution in [0, 0.1) is 0 Å². The Labute approximate surface area is 90.8 Å². The number of rotatable bonds is 3. The molecule has 0 saturated carbocycles. The van der Waals surface area contributed by atoms with Gasteiger partial charge in [0, 0.05) is 31.3 Å². The number of methoxy groups -OCH3 is 1. The van der Waals surface area contributed by atoms with E-state index < -0.39 is 0 Å². The van der Waals surface area contributed by atoms with Crippen LogP contribution >= 0.6 is 0 Å². The molecule has 1 heterocycles. The fraction of sp³-hybridized carbons (Fsp3) is 0.500. The number of hydrogen-bond donors (Lipinski definition) is 1. The zero-order valence-corrected chi connectivity index (χ0v) is 9.36. The van der Waals surface area contributed by atoms with Crippen LogP contribution in [-0.2, 0) is 0 Å². The maximum atomic E-state index is 5.62. The lowest BCUT2D eigenvalue weighted by molar-refractivity contribution is 0.415. The lowest BCUT2D eigenvalue weighted by atomic mass is 9.98. The van der Waals surface area contributed by atoms with E-state index in [1.165, 1.54) is 11.3 Å². The molecule has 0 fully saturated rings. The third-order valence-electron chi connectivity index (χ3n) is 3.10. The van der Waals surface area contributed by atoms with E-state index in [2.05, 4.69) is 24.1 Å². The molecule has 1 aromatic carbocycles. The Hall–Kier alpha value is -1.22. The minimum atomic E-state index is 0.584. The van der Waals surface area contributed by atoms with Crippen LogP contribution in [0.2, 0.25) is 0 Å². The molecule has 15 heavy (non-hydrogen) atoms. The predicted molar refractivity (Wildman–Crippen MR) is 62.7 cm³/mol. The SMILES string of the molecule is COc1ccc2c(c1)N(C)CC2CCN. The number of nitrogens with two attached hydrogens (primary N) is 1. The van der Waals surface area contributed by atoms with Gasteiger partial charge in [0.25, 0.3) is 0 Å². The van der Waals surface area contributed by atoms with E-state index in [1.807, 2.05) is 6.07 Å². The molecule has 2 N–H and O–H groups in total. The fourth-order valence-corrected chi connectivity index (χ4v) is 2.30. The molecule has 82 valence electrons. The van der Waals surface area contributed by atoms with Crippen LogP contribution in [0.4, 0.5) is 5.69 Å². The van der Waals surface area contributed by atoms with Gasteiger partial charge in [-0.25, -0.2) is 0 Å². The summed E-state index contributed by atoms with van der Waals surface area (Å²) >= 11 is 0. The highest BCUT2D eigenvalue weighted by Gasteiger charge is 2.25. The molecule has 0 spiro atoms. The van der Waals surface area contributed by atoms with Crippen molar-refractivity contribution in [1.29, 1.82) is 0 Å². The molecule has 0 aliphatic carbocycles. The Morgan fingerprint density at radius 1 is 1.53 bits per heavy atom. The summed E-state index contributed by atoms with van der Waals surface area (Å²) in [5.74, 6) is 1.51. The minimum Gasteiger partial charge on any atom is -0.497 e. The molecule has 0 aromatic heterocycles. The highest BCUT2D eigenvalue weighted by Crippen LogP contribution is 2.38. The number of anilines is 1. The van der Waals surface area contributed by atoms with Crippen LogP contribution < -0.4 is 15.4 Å². The number of nitrogens with zero attached hydrogens (tertiary/aromatic N) is 1. The van der Waals surface area contributed by atoms with Gasteiger partial charge in [-0.3, -0.25) is 0 Å². The Balaban J connectivity index is 2.32. The molecule has 1 aliphatic rings. The molecule has 1 aliphatic heterocycles. The van der Waals surface area contributed by atoms with Crippen molar-refractivity contribution in [2.24, 2.45) is 5.73 Å². The Morgan fingerprint density at radius 2 is 2.33 bits per heavy atom. The second-order valence-corrected chi connectivity index (χ2v) is 4.08. The summed E-state index contributed by atoms with van der Waals surface area (Å²) in [7, 11) is 3.82. The lowest BCUT2D eigenvalue weighted by Gasteiger charge is -2.12. The highest BCUT2D eigenvalue weighted by molar-refractivity contribution is 5.62. The molecule has 0 radical (unpaired) electrons. The zero-order chi connectivity index (χ0) is 10.8. The number of benzene rings is 1. The molecule has 2 rings (SSSR count). The first-order valence-electron chi connectivity index (χ1n) is 5.35. The molecule has 0 bridgehead atoms. The minimum absolute atomic E-state index is 0.584. The van der Waals surface area contributed by atoms with Gasteiger partial charge < -0.3 is 15.4 Å². The summed E-state index contributed by atoms with van der Waals surface area (Å²) in [5, 5.41) is 0. The predicted octanol–water partition coefficient (Wildman–Crippen LogP) is 1.58. The number of fused-ring (bicyclic) bond motifs is 1. The highest BCUT2D eigenvalue weighted by atomic mass is 16.5. The third kappa shape index (κ3) is 1.79. The largest absolute Gasteiger partial charge is 0.497 e. The van der Waals surface area contributed by atoms with Crippen LogP contribution in [0.5, 0.6) is 5.75 Å². The fourth-order valence-electron chi connectivity index (χ4n) is 2.30. The molecule has 1 atom stereocenters. The molecule has 3 heteroatoms. The van der Waals surface area contributed by atoms with E-state index >= 15 is 0 Å². The van der Waals surface area contributed by atoms with Crippen LogP contribution in [0.1, 0.15) is 17.9 Å². The molecular formula is C12H18N2O. The molecule has 1 aromatic rings. The van der Waals surface area contributed by atoms with Crippen molar-refractivity contribution in [1.82, 2.24) is 0 Å². The standard InChI is InChI=1S/C12H18N2O/c1-14-8-9(5-6-13)11-4-3-10(15-2)7-12(11)14/h3-4,7,9H,5-6,8,13H2,1-2H3. The first-order valence-corrected chi connectivity index (χ1v) is 5.35.